The third kappa shape index (κ3) is 6.77. The van der Waals surface area contributed by atoms with Gasteiger partial charge in [-0.25, -0.2) is 18.1 Å². The van der Waals surface area contributed by atoms with E-state index in [4.69, 9.17) is 4.99 Å². The molecule has 2 aliphatic rings. The molecule has 28 heavy (non-hydrogen) atoms. The van der Waals surface area contributed by atoms with Crippen LogP contribution in [0.15, 0.2) is 34.2 Å². The van der Waals surface area contributed by atoms with E-state index in [9.17, 15) is 8.42 Å². The van der Waals surface area contributed by atoms with E-state index >= 15 is 0 Å². The molecule has 1 aliphatic heterocycles. The van der Waals surface area contributed by atoms with Crippen LogP contribution >= 0.6 is 35.7 Å². The Morgan fingerprint density at radius 3 is 2.54 bits per heavy atom. The Hall–Kier alpha value is -0.520. The molecule has 1 aromatic rings. The molecule has 0 aromatic heterocycles. The zero-order chi connectivity index (χ0) is 19.5. The van der Waals surface area contributed by atoms with Gasteiger partial charge in [-0.2, -0.15) is 11.8 Å². The van der Waals surface area contributed by atoms with E-state index in [1.165, 1.54) is 0 Å². The van der Waals surface area contributed by atoms with Gasteiger partial charge < -0.3 is 10.2 Å². The number of aliphatic imine (C=N–C) groups is 1. The van der Waals surface area contributed by atoms with Crippen LogP contribution in [0, 0.1) is 0 Å². The Morgan fingerprint density at radius 2 is 1.96 bits per heavy atom. The number of halogens is 1. The van der Waals surface area contributed by atoms with Gasteiger partial charge >= 0.3 is 0 Å². The Bertz CT molecular complexity index is 778. The van der Waals surface area contributed by atoms with Crippen LogP contribution in [0.2, 0.25) is 0 Å². The number of nitrogens with zero attached hydrogens (tertiary/aromatic N) is 2. The third-order valence-corrected chi connectivity index (χ3v) is 7.44. The van der Waals surface area contributed by atoms with E-state index in [0.717, 1.165) is 49.8 Å². The van der Waals surface area contributed by atoms with Crippen molar-refractivity contribution in [2.45, 2.75) is 55.8 Å². The highest BCUT2D eigenvalue weighted by atomic mass is 127. The van der Waals surface area contributed by atoms with Gasteiger partial charge in [0, 0.05) is 36.2 Å². The highest BCUT2D eigenvalue weighted by Gasteiger charge is 2.29. The van der Waals surface area contributed by atoms with Crippen LogP contribution in [0.1, 0.15) is 39.2 Å². The number of sulfonamides is 1. The number of guanidine groups is 1. The highest BCUT2D eigenvalue weighted by molar-refractivity contribution is 14.0. The second kappa shape index (κ2) is 9.99. The van der Waals surface area contributed by atoms with E-state index in [-0.39, 0.29) is 34.8 Å². The lowest BCUT2D eigenvalue weighted by molar-refractivity contribution is 0.376. The van der Waals surface area contributed by atoms with Crippen molar-refractivity contribution in [1.29, 1.82) is 0 Å². The Kier molecular flexibility index (Phi) is 8.48. The zero-order valence-corrected chi connectivity index (χ0v) is 20.7. The van der Waals surface area contributed by atoms with E-state index in [1.807, 2.05) is 23.9 Å². The minimum atomic E-state index is -3.39. The molecule has 0 spiro atoms. The van der Waals surface area contributed by atoms with Gasteiger partial charge in [0.1, 0.15) is 0 Å². The molecule has 158 valence electrons. The second-order valence-electron chi connectivity index (χ2n) is 7.74. The molecule has 6 nitrogen and oxygen atoms in total. The minimum absolute atomic E-state index is 0. The number of benzene rings is 1. The van der Waals surface area contributed by atoms with Crippen LogP contribution in [-0.4, -0.2) is 55.5 Å². The van der Waals surface area contributed by atoms with E-state index in [2.05, 4.69) is 35.7 Å². The summed E-state index contributed by atoms with van der Waals surface area (Å²) in [6.07, 6.45) is 1.87. The summed E-state index contributed by atoms with van der Waals surface area (Å²) in [4.78, 5) is 7.42. The molecule has 3 rings (SSSR count). The van der Waals surface area contributed by atoms with Crippen LogP contribution in [0.5, 0.6) is 0 Å². The fourth-order valence-corrected chi connectivity index (χ4v) is 5.47. The van der Waals surface area contributed by atoms with Crippen molar-refractivity contribution in [3.8, 4) is 0 Å². The fraction of sp³-hybridized carbons (Fsp3) is 0.632. The first-order chi connectivity index (χ1) is 12.8. The predicted octanol–water partition coefficient (Wildman–Crippen LogP) is 3.04. The average Bonchev–Trinajstić information content (AvgIpc) is 3.41. The minimum Gasteiger partial charge on any atom is -0.357 e. The molecule has 9 heteroatoms. The topological polar surface area (TPSA) is 73.8 Å². The fourth-order valence-electron chi connectivity index (χ4n) is 3.05. The van der Waals surface area contributed by atoms with Gasteiger partial charge in [0.25, 0.3) is 0 Å². The molecule has 2 N–H and O–H groups in total. The molecule has 1 aromatic carbocycles. The molecule has 0 bridgehead atoms. The number of rotatable bonds is 6. The molecule has 0 amide bonds. The number of thioether (sulfide) groups is 1. The van der Waals surface area contributed by atoms with Gasteiger partial charge in [0.2, 0.25) is 10.0 Å². The second-order valence-corrected chi connectivity index (χ2v) is 11.3. The van der Waals surface area contributed by atoms with Crippen LogP contribution < -0.4 is 10.0 Å². The molecule has 1 saturated carbocycles. The van der Waals surface area contributed by atoms with Gasteiger partial charge in [0.15, 0.2) is 5.96 Å². The van der Waals surface area contributed by atoms with Gasteiger partial charge in [-0.05, 0) is 51.3 Å². The Labute approximate surface area is 190 Å². The van der Waals surface area contributed by atoms with Crippen molar-refractivity contribution in [2.75, 3.05) is 25.4 Å². The zero-order valence-electron chi connectivity index (χ0n) is 16.8. The monoisotopic (exact) mass is 538 g/mol. The third-order valence-electron chi connectivity index (χ3n) is 4.60. The molecule has 0 unspecified atom stereocenters. The standard InChI is InChI=1S/C19H30N4O2S2.HI/c1-4-20-18(23-11-12-26-19(2,3)14-23)21-13-15-5-9-17(10-6-15)27(24,25)22-16-7-8-16;/h5-6,9-10,16,22H,4,7-8,11-14H2,1-3H3,(H,20,21);1H. The summed E-state index contributed by atoms with van der Waals surface area (Å²) >= 11 is 2.00. The number of hydrogen-bond acceptors (Lipinski definition) is 4. The molecule has 0 atom stereocenters. The SMILES string of the molecule is CCNC(=NCc1ccc(S(=O)(=O)NC2CC2)cc1)N1CCSC(C)(C)C1.I. The van der Waals surface area contributed by atoms with Gasteiger partial charge in [-0.15, -0.1) is 24.0 Å². The lowest BCUT2D eigenvalue weighted by Gasteiger charge is -2.39. The number of nitrogens with one attached hydrogen (secondary N) is 2. The van der Waals surface area contributed by atoms with E-state index in [1.54, 1.807) is 12.1 Å². The summed E-state index contributed by atoms with van der Waals surface area (Å²) in [5.74, 6) is 2.02. The van der Waals surface area contributed by atoms with Crippen molar-refractivity contribution in [3.05, 3.63) is 29.8 Å². The van der Waals surface area contributed by atoms with Crippen molar-refractivity contribution >= 4 is 51.7 Å². The van der Waals surface area contributed by atoms with Crippen LogP contribution in [-0.2, 0) is 16.6 Å². The summed E-state index contributed by atoms with van der Waals surface area (Å²) in [6, 6.07) is 7.16. The van der Waals surface area contributed by atoms with Gasteiger partial charge in [-0.1, -0.05) is 12.1 Å². The average molecular weight is 539 g/mol. The predicted molar refractivity (Wildman–Crippen MR) is 128 cm³/mol. The maximum absolute atomic E-state index is 12.3. The Morgan fingerprint density at radius 1 is 1.29 bits per heavy atom. The van der Waals surface area contributed by atoms with Crippen molar-refractivity contribution < 1.29 is 8.42 Å². The largest absolute Gasteiger partial charge is 0.357 e. The Balaban J connectivity index is 0.00000280. The molecule has 1 saturated heterocycles. The number of hydrogen-bond donors (Lipinski definition) is 2. The lowest BCUT2D eigenvalue weighted by Crippen LogP contribution is -2.50. The van der Waals surface area contributed by atoms with Crippen LogP contribution in [0.25, 0.3) is 0 Å². The lowest BCUT2D eigenvalue weighted by atomic mass is 10.2. The van der Waals surface area contributed by atoms with Crippen LogP contribution in [0.4, 0.5) is 0 Å². The first kappa shape index (κ1) is 23.8. The van der Waals surface area contributed by atoms with E-state index in [0.29, 0.717) is 11.4 Å². The van der Waals surface area contributed by atoms with Crippen molar-refractivity contribution in [2.24, 2.45) is 4.99 Å². The van der Waals surface area contributed by atoms with Crippen molar-refractivity contribution in [1.82, 2.24) is 14.9 Å². The van der Waals surface area contributed by atoms with Gasteiger partial charge in [-0.3, -0.25) is 0 Å². The van der Waals surface area contributed by atoms with E-state index < -0.39 is 10.0 Å². The van der Waals surface area contributed by atoms with Crippen molar-refractivity contribution in [3.63, 3.8) is 0 Å². The summed E-state index contributed by atoms with van der Waals surface area (Å²) in [5, 5.41) is 3.39. The molecule has 2 fully saturated rings. The first-order valence-corrected chi connectivity index (χ1v) is 12.0. The molecule has 1 aliphatic carbocycles. The highest BCUT2D eigenvalue weighted by Crippen LogP contribution is 2.29. The summed E-state index contributed by atoms with van der Waals surface area (Å²) < 4.78 is 27.4. The normalized spacial score (nSPS) is 19.8. The molecular weight excluding hydrogens is 507 g/mol. The maximum atomic E-state index is 12.3. The smallest absolute Gasteiger partial charge is 0.240 e. The van der Waals surface area contributed by atoms with Gasteiger partial charge in [0.05, 0.1) is 11.4 Å². The quantitative estimate of drug-likeness (QED) is 0.331. The molecule has 1 heterocycles. The summed E-state index contributed by atoms with van der Waals surface area (Å²) in [5.41, 5.74) is 1.00. The molecule has 0 radical (unpaired) electrons. The van der Waals surface area contributed by atoms with Crippen LogP contribution in [0.3, 0.4) is 0 Å². The first-order valence-electron chi connectivity index (χ1n) is 9.57. The summed E-state index contributed by atoms with van der Waals surface area (Å²) in [6.45, 7) is 9.92. The maximum Gasteiger partial charge on any atom is 0.240 e. The summed E-state index contributed by atoms with van der Waals surface area (Å²) in [7, 11) is -3.39. The molecular formula is C19H31IN4O2S2.